The van der Waals surface area contributed by atoms with Crippen LogP contribution >= 0.6 is 11.6 Å². The second-order valence-corrected chi connectivity index (χ2v) is 5.41. The first kappa shape index (κ1) is 14.9. The summed E-state index contributed by atoms with van der Waals surface area (Å²) in [6, 6.07) is 14.4. The van der Waals surface area contributed by atoms with E-state index in [2.05, 4.69) is 31.3 Å². The molecule has 0 aliphatic heterocycles. The molecule has 2 rings (SSSR count). The Morgan fingerprint density at radius 2 is 1.85 bits per heavy atom. The van der Waals surface area contributed by atoms with Gasteiger partial charge in [-0.2, -0.15) is 0 Å². The zero-order chi connectivity index (χ0) is 14.5. The van der Waals surface area contributed by atoms with Gasteiger partial charge in [0.25, 0.3) is 0 Å². The normalized spacial score (nSPS) is 12.2. The molecule has 20 heavy (non-hydrogen) atoms. The first-order chi connectivity index (χ1) is 9.60. The molecule has 0 radical (unpaired) electrons. The molecule has 0 bridgehead atoms. The maximum absolute atomic E-state index is 5.91. The van der Waals surface area contributed by atoms with Crippen molar-refractivity contribution in [2.75, 3.05) is 7.11 Å². The lowest BCUT2D eigenvalue weighted by atomic mass is 10.1. The van der Waals surface area contributed by atoms with Crippen LogP contribution in [-0.4, -0.2) is 7.11 Å². The van der Waals surface area contributed by atoms with Crippen LogP contribution in [0.1, 0.15) is 29.7 Å². The van der Waals surface area contributed by atoms with E-state index in [0.29, 0.717) is 0 Å². The molecule has 2 nitrogen and oxygen atoms in total. The summed E-state index contributed by atoms with van der Waals surface area (Å²) in [5, 5.41) is 4.28. The van der Waals surface area contributed by atoms with Crippen molar-refractivity contribution in [3.63, 3.8) is 0 Å². The zero-order valence-electron chi connectivity index (χ0n) is 12.1. The lowest BCUT2D eigenvalue weighted by Gasteiger charge is -2.16. The highest BCUT2D eigenvalue weighted by Gasteiger charge is 2.07. The number of aryl methyl sites for hydroxylation is 1. The van der Waals surface area contributed by atoms with Gasteiger partial charge in [-0.25, -0.2) is 0 Å². The van der Waals surface area contributed by atoms with E-state index in [9.17, 15) is 0 Å². The number of nitrogens with one attached hydrogen (secondary N) is 1. The monoisotopic (exact) mass is 289 g/mol. The lowest BCUT2D eigenvalue weighted by Crippen LogP contribution is -2.18. The SMILES string of the molecule is COc1ccc(C)cc1CN[C@@H](C)c1ccc(Cl)cc1. The average molecular weight is 290 g/mol. The summed E-state index contributed by atoms with van der Waals surface area (Å²) in [6.45, 7) is 5.01. The Kier molecular flexibility index (Phi) is 5.05. The van der Waals surface area contributed by atoms with E-state index in [4.69, 9.17) is 16.3 Å². The largest absolute Gasteiger partial charge is 0.496 e. The summed E-state index contributed by atoms with van der Waals surface area (Å²) in [6.07, 6.45) is 0. The van der Waals surface area contributed by atoms with Gasteiger partial charge >= 0.3 is 0 Å². The van der Waals surface area contributed by atoms with E-state index in [1.807, 2.05) is 30.3 Å². The molecule has 0 fully saturated rings. The van der Waals surface area contributed by atoms with Crippen molar-refractivity contribution < 1.29 is 4.74 Å². The van der Waals surface area contributed by atoms with E-state index >= 15 is 0 Å². The van der Waals surface area contributed by atoms with Crippen LogP contribution in [-0.2, 0) is 6.54 Å². The van der Waals surface area contributed by atoms with E-state index in [-0.39, 0.29) is 6.04 Å². The molecular weight excluding hydrogens is 270 g/mol. The smallest absolute Gasteiger partial charge is 0.123 e. The summed E-state index contributed by atoms with van der Waals surface area (Å²) >= 11 is 5.91. The van der Waals surface area contributed by atoms with Gasteiger partial charge in [0.15, 0.2) is 0 Å². The number of rotatable bonds is 5. The molecular formula is C17H20ClNO. The molecule has 0 saturated carbocycles. The van der Waals surface area contributed by atoms with Crippen LogP contribution in [0.2, 0.25) is 5.02 Å². The zero-order valence-corrected chi connectivity index (χ0v) is 12.9. The third kappa shape index (κ3) is 3.75. The Hall–Kier alpha value is -1.51. The first-order valence-electron chi connectivity index (χ1n) is 6.72. The Morgan fingerprint density at radius 3 is 2.50 bits per heavy atom. The van der Waals surface area contributed by atoms with Crippen molar-refractivity contribution in [1.82, 2.24) is 5.32 Å². The molecule has 0 aliphatic rings. The molecule has 2 aromatic rings. The summed E-state index contributed by atoms with van der Waals surface area (Å²) in [7, 11) is 1.71. The molecule has 1 atom stereocenters. The Labute approximate surface area is 125 Å². The first-order valence-corrected chi connectivity index (χ1v) is 7.10. The molecule has 0 unspecified atom stereocenters. The van der Waals surface area contributed by atoms with E-state index in [0.717, 1.165) is 17.3 Å². The molecule has 1 N–H and O–H groups in total. The van der Waals surface area contributed by atoms with Crippen LogP contribution < -0.4 is 10.1 Å². The molecule has 0 saturated heterocycles. The van der Waals surface area contributed by atoms with Crippen molar-refractivity contribution in [2.24, 2.45) is 0 Å². The third-order valence-electron chi connectivity index (χ3n) is 3.40. The van der Waals surface area contributed by atoms with Crippen molar-refractivity contribution in [1.29, 1.82) is 0 Å². The van der Waals surface area contributed by atoms with Gasteiger partial charge in [-0.15, -0.1) is 0 Å². The standard InChI is InChI=1S/C17H20ClNO/c1-12-4-9-17(20-3)15(10-12)11-19-13(2)14-5-7-16(18)8-6-14/h4-10,13,19H,11H2,1-3H3/t13-/m0/s1. The summed E-state index contributed by atoms with van der Waals surface area (Å²) in [5.74, 6) is 0.923. The second kappa shape index (κ2) is 6.78. The molecule has 0 amide bonds. The Morgan fingerprint density at radius 1 is 1.15 bits per heavy atom. The maximum atomic E-state index is 5.91. The number of benzene rings is 2. The minimum atomic E-state index is 0.262. The summed E-state index contributed by atoms with van der Waals surface area (Å²) in [5.41, 5.74) is 3.64. The van der Waals surface area contributed by atoms with E-state index < -0.39 is 0 Å². The van der Waals surface area contributed by atoms with Gasteiger partial charge in [0, 0.05) is 23.2 Å². The van der Waals surface area contributed by atoms with Crippen LogP contribution in [0.3, 0.4) is 0 Å². The highest BCUT2D eigenvalue weighted by molar-refractivity contribution is 6.30. The maximum Gasteiger partial charge on any atom is 0.123 e. The fourth-order valence-electron chi connectivity index (χ4n) is 2.18. The second-order valence-electron chi connectivity index (χ2n) is 4.97. The quantitative estimate of drug-likeness (QED) is 0.874. The predicted octanol–water partition coefficient (Wildman–Crippen LogP) is 4.51. The number of ether oxygens (including phenoxy) is 1. The summed E-state index contributed by atoms with van der Waals surface area (Å²) < 4.78 is 5.40. The molecule has 106 valence electrons. The van der Waals surface area contributed by atoms with E-state index in [1.165, 1.54) is 16.7 Å². The molecule has 2 aromatic carbocycles. The molecule has 0 heterocycles. The predicted molar refractivity (Wildman–Crippen MR) is 84.4 cm³/mol. The molecule has 0 aliphatic carbocycles. The van der Waals surface area contributed by atoms with Crippen LogP contribution in [0.5, 0.6) is 5.75 Å². The van der Waals surface area contributed by atoms with Crippen molar-refractivity contribution in [3.8, 4) is 5.75 Å². The number of hydrogen-bond donors (Lipinski definition) is 1. The van der Waals surface area contributed by atoms with Gasteiger partial charge in [0.1, 0.15) is 5.75 Å². The van der Waals surface area contributed by atoms with Crippen LogP contribution in [0.4, 0.5) is 0 Å². The van der Waals surface area contributed by atoms with Crippen LogP contribution in [0.15, 0.2) is 42.5 Å². The van der Waals surface area contributed by atoms with Gasteiger partial charge < -0.3 is 10.1 Å². The molecule has 3 heteroatoms. The van der Waals surface area contributed by atoms with Gasteiger partial charge in [-0.3, -0.25) is 0 Å². The topological polar surface area (TPSA) is 21.3 Å². The van der Waals surface area contributed by atoms with Gasteiger partial charge in [0.05, 0.1) is 7.11 Å². The Balaban J connectivity index is 2.04. The minimum Gasteiger partial charge on any atom is -0.496 e. The van der Waals surface area contributed by atoms with E-state index in [1.54, 1.807) is 7.11 Å². The van der Waals surface area contributed by atoms with Crippen molar-refractivity contribution >= 4 is 11.6 Å². The van der Waals surface area contributed by atoms with Gasteiger partial charge in [0.2, 0.25) is 0 Å². The number of hydrogen-bond acceptors (Lipinski definition) is 2. The average Bonchev–Trinajstić information content (AvgIpc) is 2.45. The van der Waals surface area contributed by atoms with Crippen LogP contribution in [0, 0.1) is 6.92 Å². The fourth-order valence-corrected chi connectivity index (χ4v) is 2.30. The lowest BCUT2D eigenvalue weighted by molar-refractivity contribution is 0.406. The van der Waals surface area contributed by atoms with Gasteiger partial charge in [-0.05, 0) is 37.6 Å². The van der Waals surface area contributed by atoms with Gasteiger partial charge in [-0.1, -0.05) is 41.4 Å². The summed E-state index contributed by atoms with van der Waals surface area (Å²) in [4.78, 5) is 0. The Bertz CT molecular complexity index is 566. The fraction of sp³-hybridized carbons (Fsp3) is 0.294. The highest BCUT2D eigenvalue weighted by atomic mass is 35.5. The number of halogens is 1. The number of methoxy groups -OCH3 is 1. The molecule has 0 spiro atoms. The highest BCUT2D eigenvalue weighted by Crippen LogP contribution is 2.21. The minimum absolute atomic E-state index is 0.262. The third-order valence-corrected chi connectivity index (χ3v) is 3.66. The van der Waals surface area contributed by atoms with Crippen LogP contribution in [0.25, 0.3) is 0 Å². The van der Waals surface area contributed by atoms with Crippen molar-refractivity contribution in [2.45, 2.75) is 26.4 Å². The molecule has 0 aromatic heterocycles. The van der Waals surface area contributed by atoms with Crippen molar-refractivity contribution in [3.05, 3.63) is 64.2 Å².